The van der Waals surface area contributed by atoms with E-state index in [9.17, 15) is 4.39 Å². The van der Waals surface area contributed by atoms with Crippen LogP contribution >= 0.6 is 0 Å². The van der Waals surface area contributed by atoms with Gasteiger partial charge in [0.1, 0.15) is 12.2 Å². The van der Waals surface area contributed by atoms with E-state index < -0.39 is 0 Å². The average molecular weight is 278 g/mol. The van der Waals surface area contributed by atoms with E-state index in [0.717, 1.165) is 5.82 Å². The molecule has 0 saturated carbocycles. The second-order valence-corrected chi connectivity index (χ2v) is 4.65. The maximum atomic E-state index is 13.7. The summed E-state index contributed by atoms with van der Waals surface area (Å²) in [7, 11) is 0. The highest BCUT2D eigenvalue weighted by molar-refractivity contribution is 5.47. The van der Waals surface area contributed by atoms with Crippen molar-refractivity contribution >= 4 is 5.69 Å². The van der Waals surface area contributed by atoms with Gasteiger partial charge in [-0.05, 0) is 32.9 Å². The van der Waals surface area contributed by atoms with Gasteiger partial charge in [-0.15, -0.1) is 0 Å². The molecule has 0 spiro atoms. The number of benzene rings is 1. The number of rotatable bonds is 6. The van der Waals surface area contributed by atoms with Crippen LogP contribution in [0, 0.1) is 5.82 Å². The van der Waals surface area contributed by atoms with Crippen molar-refractivity contribution in [1.82, 2.24) is 14.8 Å². The predicted molar refractivity (Wildman–Crippen MR) is 75.3 cm³/mol. The van der Waals surface area contributed by atoms with Crippen molar-refractivity contribution in [3.05, 3.63) is 36.2 Å². The van der Waals surface area contributed by atoms with Gasteiger partial charge in [0, 0.05) is 17.8 Å². The Kier molecular flexibility index (Phi) is 4.55. The highest BCUT2D eigenvalue weighted by Crippen LogP contribution is 2.21. The Labute approximate surface area is 117 Å². The first-order valence-corrected chi connectivity index (χ1v) is 6.66. The van der Waals surface area contributed by atoms with Gasteiger partial charge in [0.05, 0.1) is 13.2 Å². The Hall–Kier alpha value is -2.11. The van der Waals surface area contributed by atoms with Gasteiger partial charge >= 0.3 is 0 Å². The van der Waals surface area contributed by atoms with E-state index in [1.807, 2.05) is 25.5 Å². The van der Waals surface area contributed by atoms with Gasteiger partial charge in [-0.2, -0.15) is 5.10 Å². The van der Waals surface area contributed by atoms with E-state index >= 15 is 0 Å². The van der Waals surface area contributed by atoms with E-state index in [1.54, 1.807) is 12.1 Å². The monoisotopic (exact) mass is 278 g/mol. The topological polar surface area (TPSA) is 52.0 Å². The van der Waals surface area contributed by atoms with Crippen LogP contribution in [0.3, 0.4) is 0 Å². The summed E-state index contributed by atoms with van der Waals surface area (Å²) in [6.45, 7) is 6.83. The molecule has 2 rings (SSSR count). The first-order valence-electron chi connectivity index (χ1n) is 6.66. The van der Waals surface area contributed by atoms with Crippen LogP contribution in [-0.4, -0.2) is 21.4 Å². The quantitative estimate of drug-likeness (QED) is 0.882. The molecule has 108 valence electrons. The van der Waals surface area contributed by atoms with Crippen molar-refractivity contribution in [3.63, 3.8) is 0 Å². The summed E-state index contributed by atoms with van der Waals surface area (Å²) < 4.78 is 20.7. The zero-order valence-electron chi connectivity index (χ0n) is 11.9. The minimum Gasteiger partial charge on any atom is -0.491 e. The lowest BCUT2D eigenvalue weighted by Crippen LogP contribution is -2.12. The van der Waals surface area contributed by atoms with Crippen molar-refractivity contribution in [1.29, 1.82) is 0 Å². The Morgan fingerprint density at radius 2 is 2.20 bits per heavy atom. The molecule has 1 heterocycles. The average Bonchev–Trinajstić information content (AvgIpc) is 2.88. The fourth-order valence-electron chi connectivity index (χ4n) is 1.90. The van der Waals surface area contributed by atoms with Crippen molar-refractivity contribution in [2.24, 2.45) is 0 Å². The summed E-state index contributed by atoms with van der Waals surface area (Å²) in [5.74, 6) is 0.708. The Morgan fingerprint density at radius 1 is 1.40 bits per heavy atom. The fraction of sp³-hybridized carbons (Fsp3) is 0.429. The number of nitrogens with zero attached hydrogens (tertiary/aromatic N) is 3. The van der Waals surface area contributed by atoms with Crippen LogP contribution in [0.25, 0.3) is 0 Å². The summed E-state index contributed by atoms with van der Waals surface area (Å²) >= 11 is 0. The lowest BCUT2D eigenvalue weighted by atomic mass is 10.3. The third-order valence-electron chi connectivity index (χ3n) is 2.82. The minimum atomic E-state index is -0.373. The molecular weight excluding hydrogens is 259 g/mol. The number of halogens is 1. The van der Waals surface area contributed by atoms with Crippen LogP contribution in [-0.2, 0) is 6.54 Å². The van der Waals surface area contributed by atoms with Gasteiger partial charge in [-0.1, -0.05) is 0 Å². The summed E-state index contributed by atoms with van der Waals surface area (Å²) in [4.78, 5) is 4.19. The van der Waals surface area contributed by atoms with Crippen LogP contribution in [0.2, 0.25) is 0 Å². The molecule has 0 amide bonds. The molecule has 0 aliphatic rings. The Morgan fingerprint density at radius 3 is 2.85 bits per heavy atom. The second-order valence-electron chi connectivity index (χ2n) is 4.65. The van der Waals surface area contributed by atoms with E-state index in [0.29, 0.717) is 18.8 Å². The van der Waals surface area contributed by atoms with Gasteiger partial charge in [0.15, 0.2) is 11.6 Å². The van der Waals surface area contributed by atoms with Gasteiger partial charge in [-0.3, -0.25) is 0 Å². The molecule has 0 fully saturated rings. The molecule has 6 heteroatoms. The lowest BCUT2D eigenvalue weighted by Gasteiger charge is -2.11. The zero-order valence-corrected chi connectivity index (χ0v) is 11.9. The van der Waals surface area contributed by atoms with Crippen LogP contribution < -0.4 is 10.1 Å². The van der Waals surface area contributed by atoms with E-state index in [1.165, 1.54) is 12.4 Å². The van der Waals surface area contributed by atoms with Crippen molar-refractivity contribution < 1.29 is 9.13 Å². The van der Waals surface area contributed by atoms with Gasteiger partial charge in [-0.25, -0.2) is 14.1 Å². The number of aromatic nitrogens is 3. The van der Waals surface area contributed by atoms with E-state index in [2.05, 4.69) is 15.4 Å². The number of anilines is 1. The number of nitrogens with one attached hydrogen (secondary N) is 1. The summed E-state index contributed by atoms with van der Waals surface area (Å²) in [6.07, 6.45) is 1.52. The summed E-state index contributed by atoms with van der Waals surface area (Å²) in [6, 6.07) is 5.06. The van der Waals surface area contributed by atoms with Crippen LogP contribution in [0.15, 0.2) is 24.5 Å². The molecule has 0 saturated heterocycles. The SMILES string of the molecule is CCOc1ccc(NCc2ncnn2C(C)C)cc1F. The molecule has 0 atom stereocenters. The maximum Gasteiger partial charge on any atom is 0.167 e. The number of ether oxygens (including phenoxy) is 1. The number of hydrogen-bond donors (Lipinski definition) is 1. The molecule has 5 nitrogen and oxygen atoms in total. The van der Waals surface area contributed by atoms with Crippen molar-refractivity contribution in [2.75, 3.05) is 11.9 Å². The molecule has 0 aliphatic heterocycles. The normalized spacial score (nSPS) is 10.8. The molecule has 0 aliphatic carbocycles. The smallest absolute Gasteiger partial charge is 0.167 e. The molecule has 0 radical (unpaired) electrons. The van der Waals surface area contributed by atoms with Crippen LogP contribution in [0.5, 0.6) is 5.75 Å². The van der Waals surface area contributed by atoms with Gasteiger partial charge in [0.2, 0.25) is 0 Å². The van der Waals surface area contributed by atoms with E-state index in [4.69, 9.17) is 4.74 Å². The Balaban J connectivity index is 2.04. The third-order valence-corrected chi connectivity index (χ3v) is 2.82. The summed E-state index contributed by atoms with van der Waals surface area (Å²) in [5, 5.41) is 7.29. The first-order chi connectivity index (χ1) is 9.61. The molecule has 1 aromatic carbocycles. The standard InChI is InChI=1S/C14H19FN4O/c1-4-20-13-6-5-11(7-12(13)15)16-8-14-17-9-18-19(14)10(2)3/h5-7,9-10,16H,4,8H2,1-3H3. The highest BCUT2D eigenvalue weighted by Gasteiger charge is 2.08. The van der Waals surface area contributed by atoms with Gasteiger partial charge < -0.3 is 10.1 Å². The largest absolute Gasteiger partial charge is 0.491 e. The summed E-state index contributed by atoms with van der Waals surface area (Å²) in [5.41, 5.74) is 0.684. The Bertz CT molecular complexity index is 568. The molecule has 20 heavy (non-hydrogen) atoms. The van der Waals surface area contributed by atoms with E-state index in [-0.39, 0.29) is 17.6 Å². The van der Waals surface area contributed by atoms with Crippen LogP contribution in [0.4, 0.5) is 10.1 Å². The lowest BCUT2D eigenvalue weighted by molar-refractivity contribution is 0.321. The zero-order chi connectivity index (χ0) is 14.5. The fourth-order valence-corrected chi connectivity index (χ4v) is 1.90. The second kappa shape index (κ2) is 6.36. The highest BCUT2D eigenvalue weighted by atomic mass is 19.1. The first kappa shape index (κ1) is 14.3. The van der Waals surface area contributed by atoms with Crippen LogP contribution in [0.1, 0.15) is 32.6 Å². The molecular formula is C14H19FN4O. The van der Waals surface area contributed by atoms with Gasteiger partial charge in [0.25, 0.3) is 0 Å². The maximum absolute atomic E-state index is 13.7. The minimum absolute atomic E-state index is 0.242. The third kappa shape index (κ3) is 3.26. The van der Waals surface area contributed by atoms with Crippen molar-refractivity contribution in [3.8, 4) is 5.75 Å². The molecule has 2 aromatic rings. The predicted octanol–water partition coefficient (Wildman–Crippen LogP) is 3.01. The number of hydrogen-bond acceptors (Lipinski definition) is 4. The molecule has 0 unspecified atom stereocenters. The molecule has 0 bridgehead atoms. The van der Waals surface area contributed by atoms with Crippen molar-refractivity contribution in [2.45, 2.75) is 33.4 Å². The molecule has 1 aromatic heterocycles. The molecule has 1 N–H and O–H groups in total.